The van der Waals surface area contributed by atoms with E-state index in [0.29, 0.717) is 11.4 Å². The summed E-state index contributed by atoms with van der Waals surface area (Å²) in [4.78, 5) is 15.9. The molecule has 0 aliphatic heterocycles. The molecule has 98 valence electrons. The molecule has 19 heavy (non-hydrogen) atoms. The highest BCUT2D eigenvalue weighted by atomic mass is 79.9. The van der Waals surface area contributed by atoms with Gasteiger partial charge in [0.1, 0.15) is 17.2 Å². The van der Waals surface area contributed by atoms with Crippen LogP contribution in [-0.4, -0.2) is 10.9 Å². The molecule has 0 fully saturated rings. The Hall–Kier alpha value is -1.82. The van der Waals surface area contributed by atoms with Crippen molar-refractivity contribution in [2.45, 2.75) is 6.92 Å². The Morgan fingerprint density at radius 1 is 1.32 bits per heavy atom. The van der Waals surface area contributed by atoms with Crippen LogP contribution in [0.4, 0.5) is 14.5 Å². The van der Waals surface area contributed by atoms with E-state index in [1.807, 2.05) is 0 Å². The topological polar surface area (TPSA) is 42.0 Å². The Morgan fingerprint density at radius 3 is 2.53 bits per heavy atom. The molecule has 0 bridgehead atoms. The van der Waals surface area contributed by atoms with Crippen LogP contribution in [0, 0.1) is 18.6 Å². The van der Waals surface area contributed by atoms with Gasteiger partial charge in [-0.1, -0.05) is 15.9 Å². The number of aromatic nitrogens is 1. The summed E-state index contributed by atoms with van der Waals surface area (Å²) in [5.74, 6) is -2.70. The monoisotopic (exact) mass is 326 g/mol. The van der Waals surface area contributed by atoms with Crippen LogP contribution in [0.3, 0.4) is 0 Å². The molecule has 0 atom stereocenters. The Kier molecular flexibility index (Phi) is 3.90. The number of halogens is 3. The molecule has 0 unspecified atom stereocenters. The summed E-state index contributed by atoms with van der Waals surface area (Å²) in [6, 6.07) is 5.30. The van der Waals surface area contributed by atoms with Gasteiger partial charge in [-0.3, -0.25) is 9.78 Å². The summed E-state index contributed by atoms with van der Waals surface area (Å²) >= 11 is 2.95. The molecule has 3 nitrogen and oxygen atoms in total. The van der Waals surface area contributed by atoms with E-state index >= 15 is 0 Å². The number of rotatable bonds is 2. The average Bonchev–Trinajstić information content (AvgIpc) is 2.30. The lowest BCUT2D eigenvalue weighted by Crippen LogP contribution is -2.16. The third-order valence-corrected chi connectivity index (χ3v) is 2.95. The predicted octanol–water partition coefficient (Wildman–Crippen LogP) is 3.68. The number of carbonyl (C=O) groups is 1. The minimum atomic E-state index is -0.925. The van der Waals surface area contributed by atoms with Crippen molar-refractivity contribution in [3.05, 3.63) is 57.8 Å². The molecule has 1 amide bonds. The van der Waals surface area contributed by atoms with Crippen molar-refractivity contribution in [1.82, 2.24) is 4.98 Å². The first-order valence-electron chi connectivity index (χ1n) is 5.36. The van der Waals surface area contributed by atoms with Crippen molar-refractivity contribution in [1.29, 1.82) is 0 Å². The largest absolute Gasteiger partial charge is 0.320 e. The highest BCUT2D eigenvalue weighted by Gasteiger charge is 2.19. The molecule has 6 heteroatoms. The van der Waals surface area contributed by atoms with Crippen LogP contribution in [0.5, 0.6) is 0 Å². The van der Waals surface area contributed by atoms with Crippen LogP contribution in [-0.2, 0) is 0 Å². The van der Waals surface area contributed by atoms with Gasteiger partial charge in [0.15, 0.2) is 0 Å². The van der Waals surface area contributed by atoms with Crippen molar-refractivity contribution in [3.8, 4) is 0 Å². The fourth-order valence-electron chi connectivity index (χ4n) is 1.56. The van der Waals surface area contributed by atoms with Gasteiger partial charge in [-0.15, -0.1) is 0 Å². The summed E-state index contributed by atoms with van der Waals surface area (Å²) in [7, 11) is 0. The van der Waals surface area contributed by atoms with E-state index < -0.39 is 23.1 Å². The number of amides is 1. The maximum absolute atomic E-state index is 13.6. The Balaban J connectivity index is 2.34. The SMILES string of the molecule is Cc1ncccc1NC(=O)c1c(F)cc(Br)cc1F. The van der Waals surface area contributed by atoms with E-state index in [-0.39, 0.29) is 4.47 Å². The number of anilines is 1. The van der Waals surface area contributed by atoms with Gasteiger partial charge in [0.05, 0.1) is 11.4 Å². The van der Waals surface area contributed by atoms with Crippen LogP contribution < -0.4 is 5.32 Å². The summed E-state index contributed by atoms with van der Waals surface area (Å²) in [6.07, 6.45) is 1.56. The second-order valence-corrected chi connectivity index (χ2v) is 4.75. The van der Waals surface area contributed by atoms with Gasteiger partial charge >= 0.3 is 0 Å². The average molecular weight is 327 g/mol. The molecule has 0 aliphatic carbocycles. The van der Waals surface area contributed by atoms with Gasteiger partial charge in [-0.2, -0.15) is 0 Å². The molecule has 0 saturated heterocycles. The molecule has 1 aromatic carbocycles. The summed E-state index contributed by atoms with van der Waals surface area (Å²) < 4.78 is 27.5. The number of aryl methyl sites for hydroxylation is 1. The maximum atomic E-state index is 13.6. The fraction of sp³-hybridized carbons (Fsp3) is 0.0769. The van der Waals surface area contributed by atoms with Crippen molar-refractivity contribution in [2.24, 2.45) is 0 Å². The first-order valence-corrected chi connectivity index (χ1v) is 6.16. The van der Waals surface area contributed by atoms with Gasteiger partial charge in [0, 0.05) is 10.7 Å². The van der Waals surface area contributed by atoms with Crippen molar-refractivity contribution in [3.63, 3.8) is 0 Å². The molecule has 1 aromatic heterocycles. The number of nitrogens with zero attached hydrogens (tertiary/aromatic N) is 1. The van der Waals surface area contributed by atoms with Crippen LogP contribution in [0.2, 0.25) is 0 Å². The van der Waals surface area contributed by atoms with E-state index in [2.05, 4.69) is 26.2 Å². The number of hydrogen-bond donors (Lipinski definition) is 1. The molecular weight excluding hydrogens is 318 g/mol. The molecule has 1 heterocycles. The third-order valence-electron chi connectivity index (χ3n) is 2.49. The van der Waals surface area contributed by atoms with E-state index in [1.54, 1.807) is 25.3 Å². The molecule has 2 rings (SSSR count). The molecular formula is C13H9BrF2N2O. The maximum Gasteiger partial charge on any atom is 0.261 e. The molecule has 0 spiro atoms. The molecule has 0 saturated carbocycles. The van der Waals surface area contributed by atoms with E-state index in [0.717, 1.165) is 12.1 Å². The van der Waals surface area contributed by atoms with Crippen LogP contribution in [0.25, 0.3) is 0 Å². The molecule has 0 radical (unpaired) electrons. The lowest BCUT2D eigenvalue weighted by Gasteiger charge is -2.09. The Morgan fingerprint density at radius 2 is 1.95 bits per heavy atom. The van der Waals surface area contributed by atoms with Crippen molar-refractivity contribution >= 4 is 27.5 Å². The second kappa shape index (κ2) is 5.44. The number of nitrogens with one attached hydrogen (secondary N) is 1. The highest BCUT2D eigenvalue weighted by molar-refractivity contribution is 9.10. The van der Waals surface area contributed by atoms with Crippen LogP contribution >= 0.6 is 15.9 Å². The zero-order valence-corrected chi connectivity index (χ0v) is 11.5. The fourth-order valence-corrected chi connectivity index (χ4v) is 1.96. The van der Waals surface area contributed by atoms with Gasteiger partial charge < -0.3 is 5.32 Å². The third kappa shape index (κ3) is 2.96. The summed E-state index contributed by atoms with van der Waals surface area (Å²) in [6.45, 7) is 1.68. The minimum absolute atomic E-state index is 0.233. The number of pyridine rings is 1. The number of carbonyl (C=O) groups excluding carboxylic acids is 1. The smallest absolute Gasteiger partial charge is 0.261 e. The lowest BCUT2D eigenvalue weighted by molar-refractivity contribution is 0.101. The van der Waals surface area contributed by atoms with Crippen molar-refractivity contribution < 1.29 is 13.6 Å². The summed E-state index contributed by atoms with van der Waals surface area (Å²) in [5, 5.41) is 2.43. The van der Waals surface area contributed by atoms with E-state index in [4.69, 9.17) is 0 Å². The van der Waals surface area contributed by atoms with E-state index in [9.17, 15) is 13.6 Å². The van der Waals surface area contributed by atoms with E-state index in [1.165, 1.54) is 0 Å². The number of hydrogen-bond acceptors (Lipinski definition) is 2. The molecule has 0 aliphatic rings. The van der Waals surface area contributed by atoms with Gasteiger partial charge in [-0.05, 0) is 31.2 Å². The number of benzene rings is 1. The van der Waals surface area contributed by atoms with Crippen LogP contribution in [0.1, 0.15) is 16.1 Å². The van der Waals surface area contributed by atoms with Gasteiger partial charge in [-0.25, -0.2) is 8.78 Å². The zero-order valence-electron chi connectivity index (χ0n) is 9.88. The van der Waals surface area contributed by atoms with Gasteiger partial charge in [0.2, 0.25) is 0 Å². The summed E-state index contributed by atoms with van der Waals surface area (Å²) in [5.41, 5.74) is 0.356. The Labute approximate surface area is 116 Å². The predicted molar refractivity (Wildman–Crippen MR) is 71.0 cm³/mol. The second-order valence-electron chi connectivity index (χ2n) is 3.83. The quantitative estimate of drug-likeness (QED) is 0.914. The first-order chi connectivity index (χ1) is 8.99. The normalized spacial score (nSPS) is 10.3. The first kappa shape index (κ1) is 13.6. The minimum Gasteiger partial charge on any atom is -0.320 e. The Bertz CT molecular complexity index is 623. The van der Waals surface area contributed by atoms with Gasteiger partial charge in [0.25, 0.3) is 5.91 Å². The molecule has 1 N–H and O–H groups in total. The standard InChI is InChI=1S/C13H9BrF2N2O/c1-7-11(3-2-4-17-7)18-13(19)12-9(15)5-8(14)6-10(12)16/h2-6H,1H3,(H,18,19). The van der Waals surface area contributed by atoms with Crippen molar-refractivity contribution in [2.75, 3.05) is 5.32 Å². The lowest BCUT2D eigenvalue weighted by atomic mass is 10.1. The highest BCUT2D eigenvalue weighted by Crippen LogP contribution is 2.21. The zero-order chi connectivity index (χ0) is 14.0. The molecule has 2 aromatic rings. The van der Waals surface area contributed by atoms with Crippen LogP contribution in [0.15, 0.2) is 34.9 Å².